The second-order valence-corrected chi connectivity index (χ2v) is 5.29. The van der Waals surface area contributed by atoms with Gasteiger partial charge in [0, 0.05) is 10.0 Å². The number of hydrogen-bond acceptors (Lipinski definition) is 3. The van der Waals surface area contributed by atoms with Gasteiger partial charge < -0.3 is 10.5 Å². The highest BCUT2D eigenvalue weighted by atomic mass is 79.9. The molecule has 2 aromatic carbocycles. The highest BCUT2D eigenvalue weighted by Crippen LogP contribution is 2.28. The average Bonchev–Trinajstić information content (AvgIpc) is 2.42. The standard InChI is InChI=1S/C14H10BrClFNO2/c1-20-13-3-2-7(4-12(13)18)14(19)8-5-10(16)9(15)6-11(8)17/h2-6H,18H2,1H3. The highest BCUT2D eigenvalue weighted by molar-refractivity contribution is 9.10. The van der Waals surface area contributed by atoms with Crippen LogP contribution >= 0.6 is 27.5 Å². The predicted molar refractivity (Wildman–Crippen MR) is 79.9 cm³/mol. The zero-order valence-corrected chi connectivity index (χ0v) is 12.8. The largest absolute Gasteiger partial charge is 0.495 e. The number of nitrogens with two attached hydrogens (primary N) is 1. The van der Waals surface area contributed by atoms with Crippen molar-refractivity contribution in [3.8, 4) is 5.75 Å². The van der Waals surface area contributed by atoms with Gasteiger partial charge in [0.1, 0.15) is 11.6 Å². The normalized spacial score (nSPS) is 10.4. The number of halogens is 3. The Labute approximate surface area is 128 Å². The Kier molecular flexibility index (Phi) is 4.30. The Morgan fingerprint density at radius 2 is 2.05 bits per heavy atom. The molecule has 20 heavy (non-hydrogen) atoms. The van der Waals surface area contributed by atoms with E-state index in [1.54, 1.807) is 6.07 Å². The Bertz CT molecular complexity index is 691. The lowest BCUT2D eigenvalue weighted by Crippen LogP contribution is -2.06. The Morgan fingerprint density at radius 3 is 2.65 bits per heavy atom. The summed E-state index contributed by atoms with van der Waals surface area (Å²) in [6.07, 6.45) is 0. The van der Waals surface area contributed by atoms with E-state index in [0.717, 1.165) is 6.07 Å². The van der Waals surface area contributed by atoms with Gasteiger partial charge in [-0.1, -0.05) is 11.6 Å². The molecule has 2 rings (SSSR count). The van der Waals surface area contributed by atoms with Crippen molar-refractivity contribution >= 4 is 39.0 Å². The molecule has 0 aliphatic carbocycles. The smallest absolute Gasteiger partial charge is 0.196 e. The molecule has 0 fully saturated rings. The van der Waals surface area contributed by atoms with Crippen LogP contribution in [0.2, 0.25) is 5.02 Å². The van der Waals surface area contributed by atoms with Crippen LogP contribution in [0, 0.1) is 5.82 Å². The third-order valence-electron chi connectivity index (χ3n) is 2.75. The second-order valence-electron chi connectivity index (χ2n) is 4.03. The van der Waals surface area contributed by atoms with E-state index in [9.17, 15) is 9.18 Å². The van der Waals surface area contributed by atoms with Crippen LogP contribution in [0.15, 0.2) is 34.8 Å². The van der Waals surface area contributed by atoms with Crippen LogP contribution in [0.4, 0.5) is 10.1 Å². The summed E-state index contributed by atoms with van der Waals surface area (Å²) in [5, 5.41) is 0.260. The fourth-order valence-corrected chi connectivity index (χ4v) is 2.21. The van der Waals surface area contributed by atoms with Gasteiger partial charge >= 0.3 is 0 Å². The van der Waals surface area contributed by atoms with Gasteiger partial charge in [0.05, 0.1) is 23.4 Å². The number of benzene rings is 2. The number of carbonyl (C=O) groups excluding carboxylic acids is 1. The third kappa shape index (κ3) is 2.78. The van der Waals surface area contributed by atoms with Crippen molar-refractivity contribution in [2.45, 2.75) is 0 Å². The summed E-state index contributed by atoms with van der Waals surface area (Å²) in [5.74, 6) is -0.692. The van der Waals surface area contributed by atoms with Gasteiger partial charge in [-0.3, -0.25) is 4.79 Å². The van der Waals surface area contributed by atoms with Crippen molar-refractivity contribution < 1.29 is 13.9 Å². The lowest BCUT2D eigenvalue weighted by molar-refractivity contribution is 0.103. The van der Waals surface area contributed by atoms with Crippen molar-refractivity contribution in [2.75, 3.05) is 12.8 Å². The van der Waals surface area contributed by atoms with E-state index >= 15 is 0 Å². The molecule has 0 bridgehead atoms. The van der Waals surface area contributed by atoms with Gasteiger partial charge in [-0.25, -0.2) is 4.39 Å². The predicted octanol–water partition coefficient (Wildman–Crippen LogP) is 4.06. The summed E-state index contributed by atoms with van der Waals surface area (Å²) in [7, 11) is 1.47. The number of methoxy groups -OCH3 is 1. The van der Waals surface area contributed by atoms with E-state index < -0.39 is 11.6 Å². The molecule has 0 radical (unpaired) electrons. The molecule has 0 aromatic heterocycles. The number of hydrogen-bond donors (Lipinski definition) is 1. The molecule has 0 spiro atoms. The van der Waals surface area contributed by atoms with Crippen LogP contribution in [0.5, 0.6) is 5.75 Å². The van der Waals surface area contributed by atoms with Crippen molar-refractivity contribution in [2.24, 2.45) is 0 Å². The summed E-state index contributed by atoms with van der Waals surface area (Å²) in [4.78, 5) is 12.3. The molecule has 0 saturated carbocycles. The van der Waals surface area contributed by atoms with Crippen LogP contribution < -0.4 is 10.5 Å². The van der Waals surface area contributed by atoms with Gasteiger partial charge in [-0.15, -0.1) is 0 Å². The van der Waals surface area contributed by atoms with Gasteiger partial charge in [-0.2, -0.15) is 0 Å². The summed E-state index contributed by atoms with van der Waals surface area (Å²) in [6.45, 7) is 0. The Balaban J connectivity index is 2.46. The SMILES string of the molecule is COc1ccc(C(=O)c2cc(Cl)c(Br)cc2F)cc1N. The van der Waals surface area contributed by atoms with Crippen LogP contribution in [0.1, 0.15) is 15.9 Å². The first-order valence-corrected chi connectivity index (χ1v) is 6.74. The minimum atomic E-state index is -0.652. The number of nitrogen functional groups attached to an aromatic ring is 1. The molecule has 2 aromatic rings. The Hall–Kier alpha value is -1.59. The topological polar surface area (TPSA) is 52.3 Å². The maximum Gasteiger partial charge on any atom is 0.196 e. The average molecular weight is 359 g/mol. The lowest BCUT2D eigenvalue weighted by Gasteiger charge is -2.08. The third-order valence-corrected chi connectivity index (χ3v) is 3.94. The van der Waals surface area contributed by atoms with Gasteiger partial charge in [0.25, 0.3) is 0 Å². The number of carbonyl (C=O) groups is 1. The van der Waals surface area contributed by atoms with Crippen molar-refractivity contribution in [1.82, 2.24) is 0 Å². The first kappa shape index (κ1) is 14.8. The summed E-state index contributed by atoms with van der Waals surface area (Å²) in [6, 6.07) is 6.95. The fourth-order valence-electron chi connectivity index (χ4n) is 1.73. The summed E-state index contributed by atoms with van der Waals surface area (Å²) >= 11 is 8.98. The summed E-state index contributed by atoms with van der Waals surface area (Å²) in [5.41, 5.74) is 6.20. The molecule has 0 atom stereocenters. The molecule has 2 N–H and O–H groups in total. The monoisotopic (exact) mass is 357 g/mol. The minimum Gasteiger partial charge on any atom is -0.495 e. The molecule has 0 saturated heterocycles. The van der Waals surface area contributed by atoms with Gasteiger partial charge in [0.2, 0.25) is 0 Å². The number of anilines is 1. The zero-order valence-electron chi connectivity index (χ0n) is 10.4. The van der Waals surface area contributed by atoms with Crippen molar-refractivity contribution in [3.63, 3.8) is 0 Å². The zero-order chi connectivity index (χ0) is 14.9. The number of ketones is 1. The minimum absolute atomic E-state index is 0.109. The summed E-state index contributed by atoms with van der Waals surface area (Å²) < 4.78 is 19.2. The molecule has 0 amide bonds. The van der Waals surface area contributed by atoms with Crippen molar-refractivity contribution in [3.05, 3.63) is 56.8 Å². The fraction of sp³-hybridized carbons (Fsp3) is 0.0714. The molecule has 3 nitrogen and oxygen atoms in total. The van der Waals surface area contributed by atoms with E-state index in [1.807, 2.05) is 0 Å². The quantitative estimate of drug-likeness (QED) is 0.511. The molecule has 0 heterocycles. The molecular formula is C14H10BrClFNO2. The van der Waals surface area contributed by atoms with Crippen molar-refractivity contribution in [1.29, 1.82) is 0 Å². The van der Waals surface area contributed by atoms with E-state index in [4.69, 9.17) is 22.1 Å². The first-order chi connectivity index (χ1) is 9.43. The lowest BCUT2D eigenvalue weighted by atomic mass is 10.0. The maximum atomic E-state index is 13.8. The van der Waals surface area contributed by atoms with E-state index in [0.29, 0.717) is 15.9 Å². The van der Waals surface area contributed by atoms with Crippen LogP contribution in [0.25, 0.3) is 0 Å². The molecular weight excluding hydrogens is 349 g/mol. The molecule has 6 heteroatoms. The van der Waals surface area contributed by atoms with Crippen LogP contribution in [0.3, 0.4) is 0 Å². The Morgan fingerprint density at radius 1 is 1.35 bits per heavy atom. The molecule has 104 valence electrons. The van der Waals surface area contributed by atoms with Crippen LogP contribution in [-0.2, 0) is 0 Å². The second kappa shape index (κ2) is 5.81. The van der Waals surface area contributed by atoms with E-state index in [-0.39, 0.29) is 16.1 Å². The molecule has 0 unspecified atom stereocenters. The number of ether oxygens (including phenoxy) is 1. The maximum absolute atomic E-state index is 13.8. The van der Waals surface area contributed by atoms with E-state index in [1.165, 1.54) is 25.3 Å². The molecule has 0 aliphatic rings. The van der Waals surface area contributed by atoms with Gasteiger partial charge in [-0.05, 0) is 46.3 Å². The highest BCUT2D eigenvalue weighted by Gasteiger charge is 2.17. The molecule has 0 aliphatic heterocycles. The number of rotatable bonds is 3. The van der Waals surface area contributed by atoms with Gasteiger partial charge in [0.15, 0.2) is 5.78 Å². The van der Waals surface area contributed by atoms with Crippen LogP contribution in [-0.4, -0.2) is 12.9 Å². The first-order valence-electron chi connectivity index (χ1n) is 5.56. The van der Waals surface area contributed by atoms with E-state index in [2.05, 4.69) is 15.9 Å².